The number of ether oxygens (including phenoxy) is 1. The molecule has 52 heavy (non-hydrogen) atoms. The van der Waals surface area contributed by atoms with Crippen LogP contribution in [0.1, 0.15) is 133 Å². The number of thiophene rings is 1. The van der Waals surface area contributed by atoms with Gasteiger partial charge in [-0.1, -0.05) is 73.5 Å². The molecule has 4 heterocycles. The zero-order chi connectivity index (χ0) is 39.0. The molecule has 2 unspecified atom stereocenters. The van der Waals surface area contributed by atoms with Crippen LogP contribution >= 0.6 is 11.3 Å². The fourth-order valence-electron chi connectivity index (χ4n) is 6.56. The van der Waals surface area contributed by atoms with E-state index in [9.17, 15) is 9.65 Å². The summed E-state index contributed by atoms with van der Waals surface area (Å²) in [5.41, 5.74) is 8.24. The fraction of sp³-hybridized carbons (Fsp3) is 0.585. The van der Waals surface area contributed by atoms with Gasteiger partial charge in [0.1, 0.15) is 22.4 Å². The van der Waals surface area contributed by atoms with E-state index >= 15 is 4.39 Å². The third-order valence-electron chi connectivity index (χ3n) is 9.36. The van der Waals surface area contributed by atoms with Gasteiger partial charge in [0.15, 0.2) is 5.82 Å². The molecular weight excluding hydrogens is 679 g/mol. The Kier molecular flexibility index (Phi) is 19.4. The van der Waals surface area contributed by atoms with Crippen molar-refractivity contribution in [2.45, 2.75) is 120 Å². The van der Waals surface area contributed by atoms with Gasteiger partial charge in [0.25, 0.3) is 0 Å². The van der Waals surface area contributed by atoms with Crippen molar-refractivity contribution in [1.82, 2.24) is 14.9 Å². The van der Waals surface area contributed by atoms with Crippen molar-refractivity contribution in [2.75, 3.05) is 43.9 Å². The summed E-state index contributed by atoms with van der Waals surface area (Å²) in [6, 6.07) is 2.28. The number of aliphatic hydroxyl groups excluding tert-OH is 1. The smallest absolute Gasteiger partial charge is 0.226 e. The van der Waals surface area contributed by atoms with Crippen molar-refractivity contribution in [3.63, 3.8) is 0 Å². The molecule has 1 saturated heterocycles. The van der Waals surface area contributed by atoms with Crippen LogP contribution in [-0.2, 0) is 18.0 Å². The van der Waals surface area contributed by atoms with Crippen LogP contribution in [0.5, 0.6) is 0 Å². The molecule has 3 N–H and O–H groups in total. The van der Waals surface area contributed by atoms with E-state index < -0.39 is 11.6 Å². The van der Waals surface area contributed by atoms with Crippen LogP contribution in [-0.4, -0.2) is 59.3 Å². The summed E-state index contributed by atoms with van der Waals surface area (Å²) in [4.78, 5) is 14.0. The lowest BCUT2D eigenvalue weighted by Crippen LogP contribution is -2.30. The van der Waals surface area contributed by atoms with Crippen molar-refractivity contribution in [2.24, 2.45) is 5.92 Å². The number of aliphatic hydroxyl groups is 1. The molecule has 0 spiro atoms. The maximum atomic E-state index is 16.3. The maximum Gasteiger partial charge on any atom is 0.226 e. The van der Waals surface area contributed by atoms with Crippen LogP contribution in [0.15, 0.2) is 18.9 Å². The number of anilines is 2. The standard InChI is InChI=1S/C26H25F2N5OS.C11H25N.C3H8.CH4O/c1-5-19(27)24-21(15(8-29)25(30)35-24)13(3)20-18-11-34-10-17(18)16-9-31-26(32-23(16)22(20)28)33-7-6-12(2)14(33)4;1-4-7-8-11-12(9-5-2)10-6-3;1-3-2;1-2/h5,9,12,14H,3,6-7,10-11,30H2,1-2,4H3;4-11H2,1-3H3;3H2,1-2H3;2H,1H3/b19-5+;;;. The number of aromatic nitrogens is 2. The Morgan fingerprint density at radius 2 is 1.73 bits per heavy atom. The predicted octanol–water partition coefficient (Wildman–Crippen LogP) is 10.3. The number of nitrogens with zero attached hydrogens (tertiary/aromatic N) is 5. The molecule has 2 aliphatic rings. The molecule has 8 nitrogen and oxygen atoms in total. The second kappa shape index (κ2) is 22.6. The molecule has 1 aromatic carbocycles. The van der Waals surface area contributed by atoms with E-state index in [0.717, 1.165) is 37.0 Å². The number of unbranched alkanes of at least 4 members (excludes halogenated alkanes) is 2. The summed E-state index contributed by atoms with van der Waals surface area (Å²) >= 11 is 0.949. The van der Waals surface area contributed by atoms with Crippen LogP contribution in [0.4, 0.5) is 19.7 Å². The van der Waals surface area contributed by atoms with Crippen LogP contribution in [0.25, 0.3) is 22.3 Å². The average Bonchev–Trinajstić information content (AvgIpc) is 3.86. The number of hydrogen-bond donors (Lipinski definition) is 2. The van der Waals surface area contributed by atoms with Crippen molar-refractivity contribution in [3.05, 3.63) is 57.4 Å². The lowest BCUT2D eigenvalue weighted by atomic mass is 9.89. The SMILES string of the molecule is C=C(c1c(/C(F)=C\C)sc(N)c1C#N)c1c2c(c3cnc(N4CCC(C)C4C)nc3c1F)COC2.CCC.CCCCCN(CCC)CCC.CO. The van der Waals surface area contributed by atoms with Gasteiger partial charge in [0.2, 0.25) is 5.95 Å². The number of halogens is 2. The van der Waals surface area contributed by atoms with Gasteiger partial charge < -0.3 is 25.4 Å². The number of nitrogens with two attached hydrogens (primary N) is 1. The second-order valence-corrected chi connectivity index (χ2v) is 14.4. The van der Waals surface area contributed by atoms with E-state index in [1.54, 1.807) is 13.1 Å². The minimum absolute atomic E-state index is 0.0856. The van der Waals surface area contributed by atoms with E-state index in [0.29, 0.717) is 22.8 Å². The summed E-state index contributed by atoms with van der Waals surface area (Å²) in [6.07, 6.45) is 11.9. The molecule has 0 bridgehead atoms. The van der Waals surface area contributed by atoms with Crippen LogP contribution in [0.3, 0.4) is 0 Å². The van der Waals surface area contributed by atoms with Gasteiger partial charge >= 0.3 is 0 Å². The molecule has 0 saturated carbocycles. The van der Waals surface area contributed by atoms with Crippen molar-refractivity contribution >= 4 is 44.6 Å². The van der Waals surface area contributed by atoms with E-state index in [1.807, 2.05) is 6.07 Å². The van der Waals surface area contributed by atoms with Crippen molar-refractivity contribution < 1.29 is 18.6 Å². The largest absolute Gasteiger partial charge is 0.400 e. The van der Waals surface area contributed by atoms with Crippen molar-refractivity contribution in [3.8, 4) is 6.07 Å². The predicted molar refractivity (Wildman–Crippen MR) is 216 cm³/mol. The van der Waals surface area contributed by atoms with Gasteiger partial charge in [-0.3, -0.25) is 0 Å². The summed E-state index contributed by atoms with van der Waals surface area (Å²) in [5.74, 6) is -0.174. The normalized spacial score (nSPS) is 16.4. The first-order chi connectivity index (χ1) is 25.0. The van der Waals surface area contributed by atoms with Crippen LogP contribution in [0, 0.1) is 23.1 Å². The summed E-state index contributed by atoms with van der Waals surface area (Å²) < 4.78 is 36.8. The first kappa shape index (κ1) is 44.7. The van der Waals surface area contributed by atoms with Crippen molar-refractivity contribution in [1.29, 1.82) is 5.26 Å². The Labute approximate surface area is 315 Å². The van der Waals surface area contributed by atoms with Crippen LogP contribution < -0.4 is 10.6 Å². The molecule has 2 atom stereocenters. The minimum Gasteiger partial charge on any atom is -0.400 e. The highest BCUT2D eigenvalue weighted by Gasteiger charge is 2.33. The average molecular weight is 741 g/mol. The minimum atomic E-state index is -0.585. The first-order valence-corrected chi connectivity index (χ1v) is 19.7. The van der Waals surface area contributed by atoms with Gasteiger partial charge in [0, 0.05) is 42.4 Å². The molecule has 0 radical (unpaired) electrons. The van der Waals surface area contributed by atoms with Gasteiger partial charge in [-0.25, -0.2) is 18.7 Å². The molecule has 2 aromatic heterocycles. The molecule has 11 heteroatoms. The zero-order valence-corrected chi connectivity index (χ0v) is 33.9. The first-order valence-electron chi connectivity index (χ1n) is 18.9. The number of allylic oxidation sites excluding steroid dienone is 1. The summed E-state index contributed by atoms with van der Waals surface area (Å²) in [7, 11) is 1.00. The molecule has 5 rings (SSSR count). The van der Waals surface area contributed by atoms with Crippen LogP contribution in [0.2, 0.25) is 0 Å². The molecule has 288 valence electrons. The summed E-state index contributed by atoms with van der Waals surface area (Å²) in [6.45, 7) is 26.2. The maximum absolute atomic E-state index is 16.3. The van der Waals surface area contributed by atoms with Gasteiger partial charge in [-0.15, -0.1) is 11.3 Å². The van der Waals surface area contributed by atoms with E-state index in [2.05, 4.69) is 74.8 Å². The highest BCUT2D eigenvalue weighted by molar-refractivity contribution is 7.17. The number of fused-ring (bicyclic) bond motifs is 3. The lowest BCUT2D eigenvalue weighted by molar-refractivity contribution is 0.134. The van der Waals surface area contributed by atoms with E-state index in [-0.39, 0.29) is 56.9 Å². The Bertz CT molecular complexity index is 1660. The van der Waals surface area contributed by atoms with Gasteiger partial charge in [-0.05, 0) is 81.8 Å². The monoisotopic (exact) mass is 740 g/mol. The number of benzene rings is 1. The molecule has 1 fully saturated rings. The topological polar surface area (TPSA) is 112 Å². The Hall–Kier alpha value is -3.43. The third kappa shape index (κ3) is 10.6. The fourth-order valence-corrected chi connectivity index (χ4v) is 7.57. The highest BCUT2D eigenvalue weighted by atomic mass is 32.1. The zero-order valence-electron chi connectivity index (χ0n) is 33.0. The molecule has 3 aromatic rings. The summed E-state index contributed by atoms with van der Waals surface area (Å²) in [5, 5.41) is 17.5. The Morgan fingerprint density at radius 1 is 1.10 bits per heavy atom. The van der Waals surface area contributed by atoms with E-state index in [1.165, 1.54) is 64.2 Å². The molecule has 2 aliphatic heterocycles. The number of nitriles is 1. The number of nitrogen functional groups attached to an aromatic ring is 1. The third-order valence-corrected chi connectivity index (χ3v) is 10.4. The molecular formula is C41H62F2N6O2S. The Morgan fingerprint density at radius 3 is 2.27 bits per heavy atom. The number of rotatable bonds is 12. The number of hydrogen-bond acceptors (Lipinski definition) is 9. The highest BCUT2D eigenvalue weighted by Crippen LogP contribution is 2.45. The van der Waals surface area contributed by atoms with E-state index in [4.69, 9.17) is 15.6 Å². The Balaban J connectivity index is 0.000000465. The quantitative estimate of drug-likeness (QED) is 0.177. The van der Waals surface area contributed by atoms with Gasteiger partial charge in [-0.2, -0.15) is 5.26 Å². The molecule has 0 aliphatic carbocycles. The molecule has 0 amide bonds. The lowest BCUT2D eigenvalue weighted by Gasteiger charge is -2.24. The second-order valence-electron chi connectivity index (χ2n) is 13.3. The van der Waals surface area contributed by atoms with Gasteiger partial charge in [0.05, 0.1) is 23.7 Å².